The molecule has 2 saturated heterocycles. The third kappa shape index (κ3) is 6.11. The van der Waals surface area contributed by atoms with Gasteiger partial charge in [0.15, 0.2) is 5.69 Å². The molecule has 1 unspecified atom stereocenters. The lowest BCUT2D eigenvalue weighted by atomic mass is 10.1. The van der Waals surface area contributed by atoms with Gasteiger partial charge in [0, 0.05) is 37.2 Å². The lowest BCUT2D eigenvalue weighted by Crippen LogP contribution is -2.47. The van der Waals surface area contributed by atoms with E-state index in [9.17, 15) is 13.2 Å². The third-order valence-corrected chi connectivity index (χ3v) is 7.35. The maximum absolute atomic E-state index is 13.9. The summed E-state index contributed by atoms with van der Waals surface area (Å²) in [4.78, 5) is 10.7. The molecule has 5 heterocycles. The molecule has 0 amide bonds. The molecular weight excluding hydrogens is 565 g/mol. The number of halogens is 4. The second-order valence-corrected chi connectivity index (χ2v) is 10.4. The molecule has 0 bridgehead atoms. The highest BCUT2D eigenvalue weighted by atomic mass is 35.5. The Labute approximate surface area is 237 Å². The van der Waals surface area contributed by atoms with Gasteiger partial charge in [-0.2, -0.15) is 18.3 Å². The predicted octanol–water partition coefficient (Wildman–Crippen LogP) is 3.86. The fourth-order valence-corrected chi connectivity index (χ4v) is 5.01. The van der Waals surface area contributed by atoms with Crippen molar-refractivity contribution in [1.29, 1.82) is 0 Å². The van der Waals surface area contributed by atoms with E-state index in [2.05, 4.69) is 40.8 Å². The zero-order chi connectivity index (χ0) is 28.6. The maximum Gasteiger partial charge on any atom is 0.437 e. The van der Waals surface area contributed by atoms with Crippen LogP contribution in [0.4, 0.5) is 24.8 Å². The Balaban J connectivity index is 1.16. The Hall–Kier alpha value is -3.82. The predicted molar refractivity (Wildman–Crippen MR) is 141 cm³/mol. The number of hydrogen-bond acceptors (Lipinski definition) is 10. The molecule has 1 aromatic carbocycles. The minimum atomic E-state index is -4.64. The Bertz CT molecular complexity index is 1480. The molecule has 1 N–H and O–H groups in total. The summed E-state index contributed by atoms with van der Waals surface area (Å²) in [7, 11) is 0. The lowest BCUT2D eigenvalue weighted by Gasteiger charge is -2.34. The molecule has 6 rings (SSSR count). The number of ether oxygens (including phenoxy) is 2. The molecule has 216 valence electrons. The SMILES string of the molecule is C[C@@H](Cn1cnnn1)Oc1cc(-c2cnc(Nc3cn(C4CCN(C5COC5)C4)nc3C(F)(F)F)nc2)ccc1Cl. The molecule has 0 spiro atoms. The van der Waals surface area contributed by atoms with Crippen LogP contribution in [-0.2, 0) is 17.5 Å². The molecule has 0 radical (unpaired) electrons. The van der Waals surface area contributed by atoms with Gasteiger partial charge in [0.2, 0.25) is 5.95 Å². The number of nitrogens with one attached hydrogen (secondary N) is 1. The number of rotatable bonds is 9. The number of likely N-dealkylation sites (tertiary alicyclic amines) is 1. The fourth-order valence-electron chi connectivity index (χ4n) is 4.85. The van der Waals surface area contributed by atoms with Crippen LogP contribution in [0.3, 0.4) is 0 Å². The number of anilines is 2. The third-order valence-electron chi connectivity index (χ3n) is 7.03. The summed E-state index contributed by atoms with van der Waals surface area (Å²) >= 11 is 6.34. The standard InChI is InChI=1S/C25H26ClF3N10O2/c1-15(9-38-14-32-35-36-38)41-22-6-16(2-3-20(22)26)17-7-30-24(31-8-17)33-21-11-39(34-23(21)25(27,28)29)18-4-5-37(10-18)19-12-40-13-19/h2-3,6-8,11,14-15,18-19H,4-5,9-10,12-13H2,1H3,(H,30,31,33)/t15-,18?/m0/s1. The Morgan fingerprint density at radius 3 is 2.66 bits per heavy atom. The molecule has 3 aromatic heterocycles. The van der Waals surface area contributed by atoms with Crippen LogP contribution in [-0.4, -0.2) is 83.3 Å². The van der Waals surface area contributed by atoms with Crippen molar-refractivity contribution in [1.82, 2.24) is 44.9 Å². The van der Waals surface area contributed by atoms with Gasteiger partial charge in [-0.3, -0.25) is 9.58 Å². The number of benzene rings is 1. The van der Waals surface area contributed by atoms with Crippen LogP contribution >= 0.6 is 11.6 Å². The minimum Gasteiger partial charge on any atom is -0.487 e. The van der Waals surface area contributed by atoms with Crippen LogP contribution in [0.1, 0.15) is 25.1 Å². The van der Waals surface area contributed by atoms with Crippen LogP contribution in [0.2, 0.25) is 5.02 Å². The summed E-state index contributed by atoms with van der Waals surface area (Å²) in [5.41, 5.74) is 0.139. The van der Waals surface area contributed by atoms with Crippen molar-refractivity contribution in [2.75, 3.05) is 31.6 Å². The highest BCUT2D eigenvalue weighted by molar-refractivity contribution is 6.32. The summed E-state index contributed by atoms with van der Waals surface area (Å²) in [6.45, 7) is 5.01. The van der Waals surface area contributed by atoms with Crippen LogP contribution in [0.25, 0.3) is 11.1 Å². The van der Waals surface area contributed by atoms with Crippen molar-refractivity contribution in [3.05, 3.63) is 53.8 Å². The van der Waals surface area contributed by atoms with E-state index in [0.29, 0.717) is 55.1 Å². The highest BCUT2D eigenvalue weighted by Crippen LogP contribution is 2.37. The molecule has 2 aliphatic rings. The molecule has 16 heteroatoms. The first-order chi connectivity index (χ1) is 19.7. The van der Waals surface area contributed by atoms with E-state index >= 15 is 0 Å². The number of nitrogens with zero attached hydrogens (tertiary/aromatic N) is 9. The van der Waals surface area contributed by atoms with Gasteiger partial charge in [0.25, 0.3) is 0 Å². The molecule has 41 heavy (non-hydrogen) atoms. The quantitative estimate of drug-likeness (QED) is 0.308. The topological polar surface area (TPSA) is 121 Å². The average molecular weight is 591 g/mol. The molecule has 0 aliphatic carbocycles. The largest absolute Gasteiger partial charge is 0.487 e. The first-order valence-corrected chi connectivity index (χ1v) is 13.4. The van der Waals surface area contributed by atoms with Gasteiger partial charge >= 0.3 is 6.18 Å². The summed E-state index contributed by atoms with van der Waals surface area (Å²) < 4.78 is 55.7. The fraction of sp³-hybridized carbons (Fsp3) is 0.440. The van der Waals surface area contributed by atoms with Gasteiger partial charge < -0.3 is 14.8 Å². The molecular formula is C25H26ClF3N10O2. The molecule has 2 aliphatic heterocycles. The molecule has 2 fully saturated rings. The van der Waals surface area contributed by atoms with Gasteiger partial charge in [0.05, 0.1) is 42.6 Å². The number of aromatic nitrogens is 8. The average Bonchev–Trinajstić information content (AvgIpc) is 3.66. The van der Waals surface area contributed by atoms with Crippen LogP contribution in [0.15, 0.2) is 43.1 Å². The van der Waals surface area contributed by atoms with E-state index in [1.54, 1.807) is 22.9 Å². The summed E-state index contributed by atoms with van der Waals surface area (Å²) in [5.74, 6) is 0.462. The van der Waals surface area contributed by atoms with E-state index in [-0.39, 0.29) is 23.8 Å². The Morgan fingerprint density at radius 2 is 1.98 bits per heavy atom. The Kier molecular flexibility index (Phi) is 7.48. The van der Waals surface area contributed by atoms with Crippen LogP contribution < -0.4 is 10.1 Å². The second kappa shape index (κ2) is 11.2. The van der Waals surface area contributed by atoms with Crippen LogP contribution in [0.5, 0.6) is 5.75 Å². The second-order valence-electron chi connectivity index (χ2n) is 10.0. The van der Waals surface area contributed by atoms with Gasteiger partial charge in [-0.05, 0) is 41.5 Å². The van der Waals surface area contributed by atoms with Crippen molar-refractivity contribution < 1.29 is 22.6 Å². The number of alkyl halides is 3. The number of tetrazole rings is 1. The zero-order valence-corrected chi connectivity index (χ0v) is 22.6. The van der Waals surface area contributed by atoms with E-state index in [1.165, 1.54) is 29.6 Å². The van der Waals surface area contributed by atoms with Gasteiger partial charge in [-0.1, -0.05) is 17.7 Å². The number of hydrogen-bond donors (Lipinski definition) is 1. The van der Waals surface area contributed by atoms with E-state index in [1.807, 2.05) is 6.92 Å². The minimum absolute atomic E-state index is 0.0129. The summed E-state index contributed by atoms with van der Waals surface area (Å²) in [5, 5.41) is 18.1. The smallest absolute Gasteiger partial charge is 0.437 e. The lowest BCUT2D eigenvalue weighted by molar-refractivity contribution is -0.140. The first kappa shape index (κ1) is 27.4. The van der Waals surface area contributed by atoms with Crippen molar-refractivity contribution >= 4 is 23.2 Å². The zero-order valence-electron chi connectivity index (χ0n) is 21.9. The summed E-state index contributed by atoms with van der Waals surface area (Å²) in [6.07, 6.45) is 1.68. The molecule has 4 aromatic rings. The van der Waals surface area contributed by atoms with Gasteiger partial charge in [-0.25, -0.2) is 14.6 Å². The van der Waals surface area contributed by atoms with E-state index < -0.39 is 11.9 Å². The van der Waals surface area contributed by atoms with E-state index in [4.69, 9.17) is 21.1 Å². The maximum atomic E-state index is 13.9. The van der Waals surface area contributed by atoms with Gasteiger partial charge in [-0.15, -0.1) is 5.10 Å². The monoisotopic (exact) mass is 590 g/mol. The normalized spacial score (nSPS) is 18.8. The van der Waals surface area contributed by atoms with Crippen molar-refractivity contribution in [2.45, 2.75) is 44.3 Å². The molecule has 2 atom stereocenters. The highest BCUT2D eigenvalue weighted by Gasteiger charge is 2.40. The van der Waals surface area contributed by atoms with E-state index in [0.717, 1.165) is 12.1 Å². The molecule has 12 nitrogen and oxygen atoms in total. The molecule has 0 saturated carbocycles. The van der Waals surface area contributed by atoms with Crippen molar-refractivity contribution in [3.63, 3.8) is 0 Å². The van der Waals surface area contributed by atoms with Crippen molar-refractivity contribution in [2.24, 2.45) is 0 Å². The van der Waals surface area contributed by atoms with Gasteiger partial charge in [0.1, 0.15) is 18.2 Å². The first-order valence-electron chi connectivity index (χ1n) is 13.0. The van der Waals surface area contributed by atoms with Crippen LogP contribution in [0, 0.1) is 0 Å². The summed E-state index contributed by atoms with van der Waals surface area (Å²) in [6, 6.07) is 5.38. The van der Waals surface area contributed by atoms with Crippen molar-refractivity contribution in [3.8, 4) is 16.9 Å². The Morgan fingerprint density at radius 1 is 1.17 bits per heavy atom.